The molecule has 0 aliphatic heterocycles. The van der Waals surface area contributed by atoms with E-state index in [2.05, 4.69) is 0 Å². The predicted octanol–water partition coefficient (Wildman–Crippen LogP) is 1.67. The topological polar surface area (TPSA) is 68.6 Å². The lowest BCUT2D eigenvalue weighted by Gasteiger charge is -2.11. The van der Waals surface area contributed by atoms with E-state index in [1.54, 1.807) is 36.9 Å². The number of aromatic nitrogens is 1. The van der Waals surface area contributed by atoms with Crippen LogP contribution in [0.4, 0.5) is 0 Å². The fraction of sp³-hybridized carbons (Fsp3) is 0.308. The van der Waals surface area contributed by atoms with Crippen molar-refractivity contribution >= 4 is 36.5 Å². The van der Waals surface area contributed by atoms with Crippen molar-refractivity contribution in [3.63, 3.8) is 0 Å². The first-order chi connectivity index (χ1) is 9.75. The van der Waals surface area contributed by atoms with Gasteiger partial charge in [0.15, 0.2) is 0 Å². The van der Waals surface area contributed by atoms with Gasteiger partial charge in [-0.25, -0.2) is 8.42 Å². The number of halogens is 1. The van der Waals surface area contributed by atoms with Crippen molar-refractivity contribution in [3.8, 4) is 5.75 Å². The Morgan fingerprint density at radius 1 is 1.38 bits per heavy atom. The number of likely N-dealkylation sites (N-methyl/N-ethyl adjacent to an activating group) is 1. The molecule has 114 valence electrons. The van der Waals surface area contributed by atoms with Gasteiger partial charge in [-0.2, -0.15) is 0 Å². The van der Waals surface area contributed by atoms with Gasteiger partial charge in [0.1, 0.15) is 17.2 Å². The molecule has 0 saturated heterocycles. The van der Waals surface area contributed by atoms with Crippen molar-refractivity contribution in [1.29, 1.82) is 0 Å². The number of carbonyl (C=O) groups is 1. The van der Waals surface area contributed by atoms with Crippen molar-refractivity contribution in [2.75, 3.05) is 21.2 Å². The minimum Gasteiger partial charge on any atom is -0.496 e. The number of hydrogen-bond donors (Lipinski definition) is 0. The molecule has 0 radical (unpaired) electrons. The molecule has 2 rings (SSSR count). The van der Waals surface area contributed by atoms with Crippen LogP contribution in [0, 0.1) is 0 Å². The summed E-state index contributed by atoms with van der Waals surface area (Å²) in [5.41, 5.74) is 0.573. The van der Waals surface area contributed by atoms with Crippen LogP contribution in [0.1, 0.15) is 0 Å². The zero-order chi connectivity index (χ0) is 15.8. The third kappa shape index (κ3) is 2.98. The van der Waals surface area contributed by atoms with Gasteiger partial charge in [0.25, 0.3) is 9.05 Å². The van der Waals surface area contributed by atoms with E-state index >= 15 is 0 Å². The van der Waals surface area contributed by atoms with Gasteiger partial charge >= 0.3 is 0 Å². The summed E-state index contributed by atoms with van der Waals surface area (Å²) in [7, 11) is 6.25. The molecular weight excluding hydrogens is 316 g/mol. The highest BCUT2D eigenvalue weighted by Crippen LogP contribution is 2.34. The summed E-state index contributed by atoms with van der Waals surface area (Å²) in [6.07, 6.45) is 1.36. The van der Waals surface area contributed by atoms with Crippen LogP contribution in [-0.4, -0.2) is 45.0 Å². The van der Waals surface area contributed by atoms with Crippen LogP contribution in [0.2, 0.25) is 0 Å². The Bertz CT molecular complexity index is 796. The van der Waals surface area contributed by atoms with E-state index in [9.17, 15) is 13.2 Å². The summed E-state index contributed by atoms with van der Waals surface area (Å²) in [4.78, 5) is 13.2. The molecule has 6 nitrogen and oxygen atoms in total. The summed E-state index contributed by atoms with van der Waals surface area (Å²) < 4.78 is 30.2. The summed E-state index contributed by atoms with van der Waals surface area (Å²) in [5, 5.41) is 0.376. The van der Waals surface area contributed by atoms with Crippen LogP contribution in [0.15, 0.2) is 29.3 Å². The van der Waals surface area contributed by atoms with Crippen molar-refractivity contribution < 1.29 is 17.9 Å². The minimum absolute atomic E-state index is 0.0169. The number of ether oxygens (including phenoxy) is 1. The molecule has 0 fully saturated rings. The molecule has 0 unspecified atom stereocenters. The lowest BCUT2D eigenvalue weighted by Crippen LogP contribution is -2.25. The van der Waals surface area contributed by atoms with E-state index in [1.807, 2.05) is 0 Å². The lowest BCUT2D eigenvalue weighted by atomic mass is 10.2. The number of nitrogens with zero attached hydrogens (tertiary/aromatic N) is 2. The Morgan fingerprint density at radius 3 is 2.57 bits per heavy atom. The summed E-state index contributed by atoms with van der Waals surface area (Å²) >= 11 is 0. The van der Waals surface area contributed by atoms with E-state index in [1.165, 1.54) is 18.2 Å². The third-order valence-electron chi connectivity index (χ3n) is 3.12. The van der Waals surface area contributed by atoms with Crippen molar-refractivity contribution in [2.24, 2.45) is 0 Å². The van der Waals surface area contributed by atoms with E-state index in [4.69, 9.17) is 15.4 Å². The van der Waals surface area contributed by atoms with Gasteiger partial charge in [-0.05, 0) is 12.1 Å². The SMILES string of the molecule is COc1cccc2c1c(S(=O)(=O)Cl)cn2CC(=O)N(C)C. The van der Waals surface area contributed by atoms with E-state index in [-0.39, 0.29) is 17.3 Å². The smallest absolute Gasteiger partial charge is 0.263 e. The van der Waals surface area contributed by atoms with Crippen LogP contribution in [0.5, 0.6) is 5.75 Å². The van der Waals surface area contributed by atoms with Gasteiger partial charge < -0.3 is 14.2 Å². The summed E-state index contributed by atoms with van der Waals surface area (Å²) in [5.74, 6) is 0.232. The molecule has 0 spiro atoms. The van der Waals surface area contributed by atoms with Crippen LogP contribution in [-0.2, 0) is 20.4 Å². The first-order valence-electron chi connectivity index (χ1n) is 6.06. The van der Waals surface area contributed by atoms with E-state index < -0.39 is 9.05 Å². The lowest BCUT2D eigenvalue weighted by molar-refractivity contribution is -0.129. The average molecular weight is 331 g/mol. The van der Waals surface area contributed by atoms with Gasteiger partial charge in [0.05, 0.1) is 18.0 Å². The Morgan fingerprint density at radius 2 is 2.05 bits per heavy atom. The maximum Gasteiger partial charge on any atom is 0.263 e. The minimum atomic E-state index is -3.95. The second-order valence-electron chi connectivity index (χ2n) is 4.70. The molecule has 0 atom stereocenters. The van der Waals surface area contributed by atoms with Crippen LogP contribution < -0.4 is 4.74 Å². The zero-order valence-corrected chi connectivity index (χ0v) is 13.4. The van der Waals surface area contributed by atoms with Gasteiger partial charge in [-0.1, -0.05) is 6.07 Å². The molecule has 8 heteroatoms. The van der Waals surface area contributed by atoms with E-state index in [0.29, 0.717) is 16.7 Å². The van der Waals surface area contributed by atoms with Crippen molar-refractivity contribution in [3.05, 3.63) is 24.4 Å². The number of hydrogen-bond acceptors (Lipinski definition) is 4. The second kappa shape index (κ2) is 5.57. The Hall–Kier alpha value is -1.73. The molecule has 1 heterocycles. The maximum absolute atomic E-state index is 11.9. The highest BCUT2D eigenvalue weighted by atomic mass is 35.7. The Labute approximate surface area is 127 Å². The molecule has 0 saturated carbocycles. The second-order valence-corrected chi connectivity index (χ2v) is 7.24. The number of fused-ring (bicyclic) bond motifs is 1. The third-order valence-corrected chi connectivity index (χ3v) is 4.45. The Balaban J connectivity index is 2.72. The van der Waals surface area contributed by atoms with Crippen LogP contribution in [0.3, 0.4) is 0 Å². The first-order valence-corrected chi connectivity index (χ1v) is 8.37. The van der Waals surface area contributed by atoms with Crippen molar-refractivity contribution in [1.82, 2.24) is 9.47 Å². The van der Waals surface area contributed by atoms with Gasteiger partial charge in [0, 0.05) is 31.0 Å². The quantitative estimate of drug-likeness (QED) is 0.800. The fourth-order valence-corrected chi connectivity index (χ4v) is 3.11. The largest absolute Gasteiger partial charge is 0.496 e. The molecule has 1 aromatic heterocycles. The van der Waals surface area contributed by atoms with Gasteiger partial charge in [0.2, 0.25) is 5.91 Å². The fourth-order valence-electron chi connectivity index (χ4n) is 2.06. The molecule has 1 amide bonds. The molecule has 2 aromatic rings. The van der Waals surface area contributed by atoms with Gasteiger partial charge in [-0.3, -0.25) is 4.79 Å². The van der Waals surface area contributed by atoms with E-state index in [0.717, 1.165) is 0 Å². The molecule has 0 N–H and O–H groups in total. The monoisotopic (exact) mass is 330 g/mol. The summed E-state index contributed by atoms with van der Waals surface area (Å²) in [6, 6.07) is 5.08. The normalized spacial score (nSPS) is 11.6. The van der Waals surface area contributed by atoms with Crippen LogP contribution in [0.25, 0.3) is 10.9 Å². The van der Waals surface area contributed by atoms with Crippen LogP contribution >= 0.6 is 10.7 Å². The Kier molecular flexibility index (Phi) is 4.15. The molecule has 1 aromatic carbocycles. The zero-order valence-electron chi connectivity index (χ0n) is 11.8. The number of rotatable bonds is 4. The molecule has 21 heavy (non-hydrogen) atoms. The number of benzene rings is 1. The molecule has 0 aliphatic carbocycles. The molecule has 0 bridgehead atoms. The van der Waals surface area contributed by atoms with Gasteiger partial charge in [-0.15, -0.1) is 0 Å². The highest BCUT2D eigenvalue weighted by Gasteiger charge is 2.22. The standard InChI is InChI=1S/C13H15ClN2O4S/c1-15(2)12(17)8-16-7-11(21(14,18)19)13-9(16)5-4-6-10(13)20-3/h4-7H,8H2,1-3H3. The van der Waals surface area contributed by atoms with Crippen molar-refractivity contribution in [2.45, 2.75) is 11.4 Å². The number of carbonyl (C=O) groups excluding carboxylic acids is 1. The number of methoxy groups -OCH3 is 1. The summed E-state index contributed by atoms with van der Waals surface area (Å²) in [6.45, 7) is 0.0169. The number of amides is 1. The maximum atomic E-state index is 11.9. The highest BCUT2D eigenvalue weighted by molar-refractivity contribution is 8.14. The molecular formula is C13H15ClN2O4S. The first kappa shape index (κ1) is 15.7. The molecule has 0 aliphatic rings. The average Bonchev–Trinajstić information content (AvgIpc) is 2.77. The predicted molar refractivity (Wildman–Crippen MR) is 80.2 cm³/mol.